The van der Waals surface area contributed by atoms with Gasteiger partial charge in [0, 0.05) is 24.7 Å². The fourth-order valence-electron chi connectivity index (χ4n) is 2.59. The first-order valence-corrected chi connectivity index (χ1v) is 6.87. The van der Waals surface area contributed by atoms with Crippen LogP contribution in [-0.4, -0.2) is 16.6 Å². The number of nitrogens with zero attached hydrogens (tertiary/aromatic N) is 1. The summed E-state index contributed by atoms with van der Waals surface area (Å²) < 4.78 is 0. The van der Waals surface area contributed by atoms with Crippen molar-refractivity contribution < 1.29 is 5.11 Å². The van der Waals surface area contributed by atoms with Crippen LogP contribution in [0.15, 0.2) is 42.5 Å². The van der Waals surface area contributed by atoms with Gasteiger partial charge in [-0.05, 0) is 35.2 Å². The van der Waals surface area contributed by atoms with Crippen LogP contribution in [0.3, 0.4) is 0 Å². The molecule has 3 heteroatoms. The number of phenolic OH excluding ortho intramolecular Hbond substituents is 1. The van der Waals surface area contributed by atoms with Crippen LogP contribution in [0.4, 0.5) is 0 Å². The summed E-state index contributed by atoms with van der Waals surface area (Å²) >= 11 is 6.16. The van der Waals surface area contributed by atoms with E-state index in [1.54, 1.807) is 12.1 Å². The zero-order valence-electron chi connectivity index (χ0n) is 10.6. The van der Waals surface area contributed by atoms with Gasteiger partial charge in [-0.15, -0.1) is 0 Å². The van der Waals surface area contributed by atoms with Gasteiger partial charge in [0.25, 0.3) is 0 Å². The van der Waals surface area contributed by atoms with Crippen molar-refractivity contribution in [2.24, 2.45) is 0 Å². The molecule has 1 aliphatic heterocycles. The number of hydrogen-bond acceptors (Lipinski definition) is 2. The second-order valence-corrected chi connectivity index (χ2v) is 5.41. The zero-order chi connectivity index (χ0) is 13.2. The molecule has 1 aliphatic rings. The quantitative estimate of drug-likeness (QED) is 0.904. The van der Waals surface area contributed by atoms with Crippen molar-refractivity contribution in [2.75, 3.05) is 6.54 Å². The summed E-state index contributed by atoms with van der Waals surface area (Å²) in [6.07, 6.45) is 1.09. The molecule has 19 heavy (non-hydrogen) atoms. The maximum atomic E-state index is 9.38. The van der Waals surface area contributed by atoms with E-state index in [0.29, 0.717) is 5.02 Å². The molecule has 0 amide bonds. The monoisotopic (exact) mass is 273 g/mol. The molecule has 0 atom stereocenters. The molecule has 0 radical (unpaired) electrons. The van der Waals surface area contributed by atoms with E-state index in [1.165, 1.54) is 11.1 Å². The Kier molecular flexibility index (Phi) is 3.45. The minimum absolute atomic E-state index is 0.220. The molecule has 3 rings (SSSR count). The molecule has 98 valence electrons. The van der Waals surface area contributed by atoms with Gasteiger partial charge in [0.1, 0.15) is 5.75 Å². The molecule has 0 aromatic heterocycles. The van der Waals surface area contributed by atoms with Crippen molar-refractivity contribution >= 4 is 11.6 Å². The third-order valence-corrected chi connectivity index (χ3v) is 3.99. The molecule has 0 saturated carbocycles. The molecule has 1 heterocycles. The molecule has 2 nitrogen and oxygen atoms in total. The summed E-state index contributed by atoms with van der Waals surface area (Å²) in [6, 6.07) is 13.8. The summed E-state index contributed by atoms with van der Waals surface area (Å²) in [6.45, 7) is 2.84. The van der Waals surface area contributed by atoms with Gasteiger partial charge in [-0.1, -0.05) is 41.9 Å². The SMILES string of the molecule is Oc1ccc(CN2CCc3ccccc3C2)c(Cl)c1. The molecule has 0 fully saturated rings. The zero-order valence-corrected chi connectivity index (χ0v) is 11.4. The van der Waals surface area contributed by atoms with Gasteiger partial charge in [-0.2, -0.15) is 0 Å². The van der Waals surface area contributed by atoms with Gasteiger partial charge >= 0.3 is 0 Å². The van der Waals surface area contributed by atoms with Gasteiger partial charge in [-0.3, -0.25) is 4.90 Å². The average molecular weight is 274 g/mol. The van der Waals surface area contributed by atoms with E-state index in [-0.39, 0.29) is 5.75 Å². The Bertz CT molecular complexity index is 597. The average Bonchev–Trinajstić information content (AvgIpc) is 2.42. The Morgan fingerprint density at radius 1 is 1.11 bits per heavy atom. The molecule has 0 saturated heterocycles. The fraction of sp³-hybridized carbons (Fsp3) is 0.250. The molecule has 0 spiro atoms. The number of rotatable bonds is 2. The van der Waals surface area contributed by atoms with Crippen LogP contribution in [0.5, 0.6) is 5.75 Å². The van der Waals surface area contributed by atoms with Crippen LogP contribution in [0.1, 0.15) is 16.7 Å². The highest BCUT2D eigenvalue weighted by Gasteiger charge is 2.16. The maximum Gasteiger partial charge on any atom is 0.117 e. The predicted octanol–water partition coefficient (Wildman–Crippen LogP) is 3.60. The third kappa shape index (κ3) is 2.75. The van der Waals surface area contributed by atoms with E-state index in [1.807, 2.05) is 6.07 Å². The van der Waals surface area contributed by atoms with Crippen molar-refractivity contribution in [3.63, 3.8) is 0 Å². The van der Waals surface area contributed by atoms with Gasteiger partial charge in [0.15, 0.2) is 0 Å². The van der Waals surface area contributed by atoms with Gasteiger partial charge in [0.05, 0.1) is 0 Å². The standard InChI is InChI=1S/C16H16ClNO/c17-16-9-15(19)6-5-14(16)11-18-8-7-12-3-1-2-4-13(12)10-18/h1-6,9,19H,7-8,10-11H2. The number of hydrogen-bond donors (Lipinski definition) is 1. The second-order valence-electron chi connectivity index (χ2n) is 5.01. The van der Waals surface area contributed by atoms with E-state index >= 15 is 0 Å². The van der Waals surface area contributed by atoms with Crippen LogP contribution < -0.4 is 0 Å². The predicted molar refractivity (Wildman–Crippen MR) is 77.4 cm³/mol. The summed E-state index contributed by atoms with van der Waals surface area (Å²) in [5, 5.41) is 10.0. The minimum atomic E-state index is 0.220. The Hall–Kier alpha value is -1.51. The van der Waals surface area contributed by atoms with Crippen LogP contribution in [0.25, 0.3) is 0 Å². The molecule has 2 aromatic carbocycles. The number of benzene rings is 2. The fourth-order valence-corrected chi connectivity index (χ4v) is 2.83. The van der Waals surface area contributed by atoms with Gasteiger partial charge < -0.3 is 5.11 Å². The number of halogens is 1. The van der Waals surface area contributed by atoms with Gasteiger partial charge in [-0.25, -0.2) is 0 Å². The lowest BCUT2D eigenvalue weighted by atomic mass is 9.99. The summed E-state index contributed by atoms with van der Waals surface area (Å²) in [5.74, 6) is 0.220. The molecule has 0 aliphatic carbocycles. The van der Waals surface area contributed by atoms with Crippen molar-refractivity contribution in [1.29, 1.82) is 0 Å². The van der Waals surface area contributed by atoms with Gasteiger partial charge in [0.2, 0.25) is 0 Å². The van der Waals surface area contributed by atoms with Crippen LogP contribution >= 0.6 is 11.6 Å². The second kappa shape index (κ2) is 5.24. The molecule has 1 N–H and O–H groups in total. The Labute approximate surface area is 118 Å². The summed E-state index contributed by atoms with van der Waals surface area (Å²) in [7, 11) is 0. The topological polar surface area (TPSA) is 23.5 Å². The van der Waals surface area contributed by atoms with Crippen molar-refractivity contribution in [1.82, 2.24) is 4.90 Å². The molecular formula is C16H16ClNO. The lowest BCUT2D eigenvalue weighted by Gasteiger charge is -2.29. The van der Waals surface area contributed by atoms with E-state index < -0.39 is 0 Å². The number of phenols is 1. The Balaban J connectivity index is 1.75. The summed E-state index contributed by atoms with van der Waals surface area (Å²) in [5.41, 5.74) is 3.93. The van der Waals surface area contributed by atoms with E-state index in [9.17, 15) is 5.11 Å². The lowest BCUT2D eigenvalue weighted by molar-refractivity contribution is 0.245. The number of aromatic hydroxyl groups is 1. The minimum Gasteiger partial charge on any atom is -0.508 e. The first-order chi connectivity index (χ1) is 9.22. The van der Waals surface area contributed by atoms with Crippen LogP contribution in [0, 0.1) is 0 Å². The highest BCUT2D eigenvalue weighted by atomic mass is 35.5. The largest absolute Gasteiger partial charge is 0.508 e. The smallest absolute Gasteiger partial charge is 0.117 e. The third-order valence-electron chi connectivity index (χ3n) is 3.64. The van der Waals surface area contributed by atoms with Crippen LogP contribution in [0.2, 0.25) is 5.02 Å². The highest BCUT2D eigenvalue weighted by Crippen LogP contribution is 2.25. The first kappa shape index (κ1) is 12.5. The lowest BCUT2D eigenvalue weighted by Crippen LogP contribution is -2.30. The first-order valence-electron chi connectivity index (χ1n) is 6.49. The maximum absolute atomic E-state index is 9.38. The molecule has 0 bridgehead atoms. The normalized spacial score (nSPS) is 15.2. The summed E-state index contributed by atoms with van der Waals surface area (Å²) in [4.78, 5) is 2.39. The van der Waals surface area contributed by atoms with Crippen molar-refractivity contribution in [3.8, 4) is 5.75 Å². The van der Waals surface area contributed by atoms with E-state index in [4.69, 9.17) is 11.6 Å². The van der Waals surface area contributed by atoms with E-state index in [2.05, 4.69) is 29.2 Å². The van der Waals surface area contributed by atoms with Crippen molar-refractivity contribution in [2.45, 2.75) is 19.5 Å². The molecule has 0 unspecified atom stereocenters. The highest BCUT2D eigenvalue weighted by molar-refractivity contribution is 6.31. The molecular weight excluding hydrogens is 258 g/mol. The Morgan fingerprint density at radius 2 is 1.89 bits per heavy atom. The van der Waals surface area contributed by atoms with Crippen LogP contribution in [-0.2, 0) is 19.5 Å². The molecule has 2 aromatic rings. The Morgan fingerprint density at radius 3 is 2.68 bits per heavy atom. The number of fused-ring (bicyclic) bond motifs is 1. The van der Waals surface area contributed by atoms with E-state index in [0.717, 1.165) is 31.6 Å². The van der Waals surface area contributed by atoms with Crippen molar-refractivity contribution in [3.05, 3.63) is 64.2 Å².